The van der Waals surface area contributed by atoms with Gasteiger partial charge in [-0.1, -0.05) is 48.5 Å². The Balaban J connectivity index is 1.56. The first-order valence-electron chi connectivity index (χ1n) is 9.78. The maximum atomic E-state index is 12.8. The lowest BCUT2D eigenvalue weighted by Crippen LogP contribution is -2.39. The van der Waals surface area contributed by atoms with Gasteiger partial charge in [-0.15, -0.1) is 0 Å². The van der Waals surface area contributed by atoms with Gasteiger partial charge in [-0.25, -0.2) is 0 Å². The van der Waals surface area contributed by atoms with Crippen LogP contribution in [0.3, 0.4) is 0 Å². The van der Waals surface area contributed by atoms with Gasteiger partial charge in [0.25, 0.3) is 0 Å². The van der Waals surface area contributed by atoms with E-state index in [1.54, 1.807) is 11.9 Å². The van der Waals surface area contributed by atoms with Crippen LogP contribution in [0.15, 0.2) is 48.5 Å². The monoisotopic (exact) mass is 393 g/mol. The molecule has 6 nitrogen and oxygen atoms in total. The standard InChI is InChI=1S/C23H27N3O3/c1-16-8-7-9-17(2)22(16)24-20(27)15-25(3)23(29)19-12-21(28)26(14-19)13-18-10-5-4-6-11-18/h4-11,19H,12-15H2,1-3H3,(H,24,27). The van der Waals surface area contributed by atoms with Gasteiger partial charge in [0.05, 0.1) is 12.5 Å². The number of anilines is 1. The lowest BCUT2D eigenvalue weighted by molar-refractivity contribution is -0.137. The quantitative estimate of drug-likeness (QED) is 0.820. The van der Waals surface area contributed by atoms with Crippen LogP contribution in [0.25, 0.3) is 0 Å². The van der Waals surface area contributed by atoms with Crippen molar-refractivity contribution < 1.29 is 14.4 Å². The molecule has 6 heteroatoms. The summed E-state index contributed by atoms with van der Waals surface area (Å²) in [6.07, 6.45) is 0.189. The van der Waals surface area contributed by atoms with Crippen molar-refractivity contribution in [2.75, 3.05) is 25.5 Å². The first-order valence-corrected chi connectivity index (χ1v) is 9.78. The van der Waals surface area contributed by atoms with Crippen LogP contribution in [0, 0.1) is 19.8 Å². The second-order valence-corrected chi connectivity index (χ2v) is 7.67. The predicted molar refractivity (Wildman–Crippen MR) is 112 cm³/mol. The summed E-state index contributed by atoms with van der Waals surface area (Å²) in [5.74, 6) is -0.862. The summed E-state index contributed by atoms with van der Waals surface area (Å²) >= 11 is 0. The molecule has 29 heavy (non-hydrogen) atoms. The Bertz CT molecular complexity index is 891. The minimum atomic E-state index is -0.413. The lowest BCUT2D eigenvalue weighted by Gasteiger charge is -2.21. The minimum absolute atomic E-state index is 0.0272. The van der Waals surface area contributed by atoms with Crippen molar-refractivity contribution in [1.29, 1.82) is 0 Å². The number of benzene rings is 2. The molecule has 0 aliphatic carbocycles. The zero-order valence-corrected chi connectivity index (χ0v) is 17.1. The van der Waals surface area contributed by atoms with Crippen LogP contribution in [-0.4, -0.2) is 47.7 Å². The zero-order chi connectivity index (χ0) is 21.0. The van der Waals surface area contributed by atoms with E-state index >= 15 is 0 Å². The van der Waals surface area contributed by atoms with E-state index in [0.29, 0.717) is 13.1 Å². The molecule has 1 saturated heterocycles. The number of carbonyl (C=O) groups is 3. The number of nitrogens with zero attached hydrogens (tertiary/aromatic N) is 2. The number of hydrogen-bond acceptors (Lipinski definition) is 3. The van der Waals surface area contributed by atoms with Crippen molar-refractivity contribution in [3.8, 4) is 0 Å². The van der Waals surface area contributed by atoms with Crippen molar-refractivity contribution >= 4 is 23.4 Å². The van der Waals surface area contributed by atoms with Crippen molar-refractivity contribution in [3.05, 3.63) is 65.2 Å². The predicted octanol–water partition coefficient (Wildman–Crippen LogP) is 2.75. The number of amides is 3. The highest BCUT2D eigenvalue weighted by atomic mass is 16.2. The SMILES string of the molecule is Cc1cccc(C)c1NC(=O)CN(C)C(=O)C1CC(=O)N(Cc2ccccc2)C1. The summed E-state index contributed by atoms with van der Waals surface area (Å²) in [7, 11) is 1.61. The molecule has 1 heterocycles. The molecular formula is C23H27N3O3. The van der Waals surface area contributed by atoms with Crippen LogP contribution >= 0.6 is 0 Å². The Morgan fingerprint density at radius 2 is 1.72 bits per heavy atom. The van der Waals surface area contributed by atoms with Gasteiger partial charge in [0.2, 0.25) is 17.7 Å². The Morgan fingerprint density at radius 1 is 1.07 bits per heavy atom. The largest absolute Gasteiger partial charge is 0.338 e. The van der Waals surface area contributed by atoms with E-state index < -0.39 is 5.92 Å². The third-order valence-electron chi connectivity index (χ3n) is 5.28. The molecule has 0 bridgehead atoms. The lowest BCUT2D eigenvalue weighted by atomic mass is 10.1. The Hall–Kier alpha value is -3.15. The van der Waals surface area contributed by atoms with Gasteiger partial charge in [0, 0.05) is 32.2 Å². The summed E-state index contributed by atoms with van der Waals surface area (Å²) in [5.41, 5.74) is 3.77. The molecule has 0 aromatic heterocycles. The molecule has 1 aliphatic heterocycles. The normalized spacial score (nSPS) is 16.0. The molecule has 0 radical (unpaired) electrons. The Morgan fingerprint density at radius 3 is 2.38 bits per heavy atom. The molecule has 2 aromatic rings. The van der Waals surface area contributed by atoms with Crippen molar-refractivity contribution in [2.24, 2.45) is 5.92 Å². The molecule has 1 N–H and O–H groups in total. The second-order valence-electron chi connectivity index (χ2n) is 7.67. The number of para-hydroxylation sites is 1. The number of carbonyl (C=O) groups excluding carboxylic acids is 3. The molecular weight excluding hydrogens is 366 g/mol. The minimum Gasteiger partial charge on any atom is -0.338 e. The fourth-order valence-corrected chi connectivity index (χ4v) is 3.69. The third kappa shape index (κ3) is 5.02. The van der Waals surface area contributed by atoms with Crippen LogP contribution in [-0.2, 0) is 20.9 Å². The van der Waals surface area contributed by atoms with E-state index in [-0.39, 0.29) is 30.7 Å². The summed E-state index contributed by atoms with van der Waals surface area (Å²) < 4.78 is 0. The van der Waals surface area contributed by atoms with Crippen molar-refractivity contribution in [2.45, 2.75) is 26.8 Å². The number of rotatable bonds is 6. The summed E-state index contributed by atoms with van der Waals surface area (Å²) in [4.78, 5) is 40.7. The van der Waals surface area contributed by atoms with E-state index in [2.05, 4.69) is 5.32 Å². The summed E-state index contributed by atoms with van der Waals surface area (Å²) in [6, 6.07) is 15.5. The Kier molecular flexibility index (Phi) is 6.32. The highest BCUT2D eigenvalue weighted by molar-refractivity contribution is 5.97. The van der Waals surface area contributed by atoms with E-state index in [9.17, 15) is 14.4 Å². The summed E-state index contributed by atoms with van der Waals surface area (Å²) in [5, 5.41) is 2.89. The highest BCUT2D eigenvalue weighted by Crippen LogP contribution is 2.22. The number of hydrogen-bond donors (Lipinski definition) is 1. The molecule has 3 amide bonds. The average molecular weight is 393 g/mol. The van der Waals surface area contributed by atoms with Crippen LogP contribution in [0.5, 0.6) is 0 Å². The zero-order valence-electron chi connectivity index (χ0n) is 17.1. The molecule has 2 aromatic carbocycles. The van der Waals surface area contributed by atoms with E-state index in [4.69, 9.17) is 0 Å². The maximum absolute atomic E-state index is 12.8. The fraction of sp³-hybridized carbons (Fsp3) is 0.348. The summed E-state index contributed by atoms with van der Waals surface area (Å²) in [6.45, 7) is 4.71. The van der Waals surface area contributed by atoms with E-state index in [0.717, 1.165) is 22.4 Å². The van der Waals surface area contributed by atoms with Crippen LogP contribution < -0.4 is 5.32 Å². The third-order valence-corrected chi connectivity index (χ3v) is 5.28. The molecule has 3 rings (SSSR count). The average Bonchev–Trinajstić information content (AvgIpc) is 3.05. The number of likely N-dealkylation sites (N-methyl/N-ethyl adjacent to an activating group) is 1. The van der Waals surface area contributed by atoms with Crippen molar-refractivity contribution in [3.63, 3.8) is 0 Å². The number of aryl methyl sites for hydroxylation is 2. The molecule has 152 valence electrons. The first kappa shape index (κ1) is 20.6. The number of likely N-dealkylation sites (tertiary alicyclic amines) is 1. The molecule has 0 saturated carbocycles. The van der Waals surface area contributed by atoms with Gasteiger partial charge < -0.3 is 15.1 Å². The molecule has 0 spiro atoms. The van der Waals surface area contributed by atoms with Crippen LogP contribution in [0.2, 0.25) is 0 Å². The van der Waals surface area contributed by atoms with E-state index in [1.807, 2.05) is 62.4 Å². The Labute approximate surface area is 171 Å². The molecule has 1 aliphatic rings. The van der Waals surface area contributed by atoms with Crippen LogP contribution in [0.4, 0.5) is 5.69 Å². The molecule has 1 atom stereocenters. The maximum Gasteiger partial charge on any atom is 0.243 e. The van der Waals surface area contributed by atoms with Gasteiger partial charge >= 0.3 is 0 Å². The van der Waals surface area contributed by atoms with Gasteiger partial charge in [0.15, 0.2) is 0 Å². The number of nitrogens with one attached hydrogen (secondary N) is 1. The van der Waals surface area contributed by atoms with Crippen molar-refractivity contribution in [1.82, 2.24) is 9.80 Å². The van der Waals surface area contributed by atoms with Gasteiger partial charge in [-0.2, -0.15) is 0 Å². The second kappa shape index (κ2) is 8.90. The first-order chi connectivity index (χ1) is 13.8. The van der Waals surface area contributed by atoms with Gasteiger partial charge in [-0.3, -0.25) is 14.4 Å². The topological polar surface area (TPSA) is 69.7 Å². The smallest absolute Gasteiger partial charge is 0.243 e. The highest BCUT2D eigenvalue weighted by Gasteiger charge is 2.36. The van der Waals surface area contributed by atoms with Gasteiger partial charge in [0.1, 0.15) is 0 Å². The fourth-order valence-electron chi connectivity index (χ4n) is 3.69. The van der Waals surface area contributed by atoms with Gasteiger partial charge in [-0.05, 0) is 30.5 Å². The molecule has 1 unspecified atom stereocenters. The van der Waals surface area contributed by atoms with Crippen LogP contribution in [0.1, 0.15) is 23.1 Å². The molecule has 1 fully saturated rings. The van der Waals surface area contributed by atoms with E-state index in [1.165, 1.54) is 4.90 Å².